The van der Waals surface area contributed by atoms with Crippen LogP contribution in [0.15, 0.2) is 97.3 Å². The van der Waals surface area contributed by atoms with Gasteiger partial charge in [0.2, 0.25) is 0 Å². The number of hydrogen-bond acceptors (Lipinski definition) is 0. The average Bonchev–Trinajstić information content (AvgIpc) is 3.04. The summed E-state index contributed by atoms with van der Waals surface area (Å²) in [7, 11) is 0. The molecule has 5 rings (SSSR count). The van der Waals surface area contributed by atoms with Gasteiger partial charge in [0.25, 0.3) is 0 Å². The fourth-order valence-electron chi connectivity index (χ4n) is 3.92. The molecule has 0 amide bonds. The quantitative estimate of drug-likeness (QED) is 0.396. The van der Waals surface area contributed by atoms with Crippen molar-refractivity contribution in [3.8, 4) is 0 Å². The van der Waals surface area contributed by atoms with Crippen LogP contribution < -0.4 is 17.0 Å². The summed E-state index contributed by atoms with van der Waals surface area (Å²) in [5, 5.41) is 3.39. The third-order valence-corrected chi connectivity index (χ3v) is 5.47. The molecule has 0 aliphatic rings. The summed E-state index contributed by atoms with van der Waals surface area (Å²) in [6.45, 7) is 1.67. The van der Waals surface area contributed by atoms with Crippen LogP contribution >= 0.6 is 11.6 Å². The molecule has 5 aromatic rings. The first-order chi connectivity index (χ1) is 13.8. The van der Waals surface area contributed by atoms with Crippen molar-refractivity contribution in [2.75, 3.05) is 0 Å². The highest BCUT2D eigenvalue weighted by Gasteiger charge is 2.11. The van der Waals surface area contributed by atoms with Gasteiger partial charge in [-0.3, -0.25) is 0 Å². The zero-order chi connectivity index (χ0) is 18.9. The number of hydrogen-bond donors (Lipinski definition) is 0. The first kappa shape index (κ1) is 19.5. The summed E-state index contributed by atoms with van der Waals surface area (Å²) < 4.78 is 4.64. The van der Waals surface area contributed by atoms with E-state index >= 15 is 0 Å². The lowest BCUT2D eigenvalue weighted by Crippen LogP contribution is -3.00. The van der Waals surface area contributed by atoms with Crippen LogP contribution in [0.3, 0.4) is 0 Å². The van der Waals surface area contributed by atoms with Gasteiger partial charge in [-0.05, 0) is 30.3 Å². The molecule has 0 bridgehead atoms. The van der Waals surface area contributed by atoms with Crippen molar-refractivity contribution in [3.63, 3.8) is 0 Å². The third kappa shape index (κ3) is 3.87. The molecule has 29 heavy (non-hydrogen) atoms. The second kappa shape index (κ2) is 8.28. The minimum atomic E-state index is 0. The fraction of sp³-hybridized carbons (Fsp3) is 0.0800. The minimum absolute atomic E-state index is 0. The zero-order valence-corrected chi connectivity index (χ0v) is 17.3. The molecule has 2 aromatic heterocycles. The van der Waals surface area contributed by atoms with Crippen LogP contribution in [0.4, 0.5) is 0 Å². The van der Waals surface area contributed by atoms with E-state index in [0.717, 1.165) is 18.1 Å². The normalized spacial score (nSPS) is 10.9. The van der Waals surface area contributed by atoms with E-state index in [9.17, 15) is 0 Å². The maximum atomic E-state index is 6.01. The van der Waals surface area contributed by atoms with Gasteiger partial charge in [-0.1, -0.05) is 60.1 Å². The van der Waals surface area contributed by atoms with Gasteiger partial charge in [0.05, 0.1) is 6.54 Å². The van der Waals surface area contributed by atoms with Crippen molar-refractivity contribution >= 4 is 33.4 Å². The van der Waals surface area contributed by atoms with Crippen molar-refractivity contribution < 1.29 is 17.0 Å². The molecule has 0 aliphatic carbocycles. The number of nitrogens with zero attached hydrogens (tertiary/aromatic N) is 2. The number of benzene rings is 3. The lowest BCUT2D eigenvalue weighted by atomic mass is 10.2. The summed E-state index contributed by atoms with van der Waals surface area (Å²) in [6, 6.07) is 29.7. The molecule has 0 saturated carbocycles. The van der Waals surface area contributed by atoms with Crippen LogP contribution in [0.1, 0.15) is 11.1 Å². The predicted octanol–water partition coefficient (Wildman–Crippen LogP) is 2.84. The van der Waals surface area contributed by atoms with E-state index in [1.807, 2.05) is 12.1 Å². The topological polar surface area (TPSA) is 8.81 Å². The van der Waals surface area contributed by atoms with Gasteiger partial charge in [0, 0.05) is 44.0 Å². The van der Waals surface area contributed by atoms with Crippen LogP contribution in [-0.4, -0.2) is 4.57 Å². The lowest BCUT2D eigenvalue weighted by Gasteiger charge is -2.07. The number of halogens is 2. The molecule has 0 unspecified atom stereocenters. The molecular weight excluding hydrogens is 399 g/mol. The average molecular weight is 419 g/mol. The smallest absolute Gasteiger partial charge is 0.174 e. The van der Waals surface area contributed by atoms with Gasteiger partial charge >= 0.3 is 0 Å². The van der Waals surface area contributed by atoms with E-state index in [0.29, 0.717) is 0 Å². The van der Waals surface area contributed by atoms with Crippen LogP contribution in [0.5, 0.6) is 0 Å². The molecule has 0 saturated heterocycles. The first-order valence-corrected chi connectivity index (χ1v) is 9.84. The van der Waals surface area contributed by atoms with Crippen molar-refractivity contribution in [2.45, 2.75) is 13.1 Å². The second-order valence-electron chi connectivity index (χ2n) is 7.13. The summed E-state index contributed by atoms with van der Waals surface area (Å²) in [4.78, 5) is 0. The van der Waals surface area contributed by atoms with E-state index in [2.05, 4.69) is 94.3 Å². The Hall–Kier alpha value is -2.81. The van der Waals surface area contributed by atoms with E-state index in [4.69, 9.17) is 11.6 Å². The maximum Gasteiger partial charge on any atom is 0.174 e. The van der Waals surface area contributed by atoms with Crippen LogP contribution in [0.2, 0.25) is 5.02 Å². The summed E-state index contributed by atoms with van der Waals surface area (Å²) >= 11 is 6.01. The molecule has 0 radical (unpaired) electrons. The number of fused-ring (bicyclic) bond motifs is 3. The molecule has 3 aromatic carbocycles. The van der Waals surface area contributed by atoms with Gasteiger partial charge in [0.1, 0.15) is 0 Å². The first-order valence-electron chi connectivity index (χ1n) is 9.46. The number of rotatable bonds is 4. The Morgan fingerprint density at radius 3 is 1.97 bits per heavy atom. The van der Waals surface area contributed by atoms with Gasteiger partial charge in [0.15, 0.2) is 18.9 Å². The Bertz CT molecular complexity index is 1220. The summed E-state index contributed by atoms with van der Waals surface area (Å²) in [6.07, 6.45) is 4.35. The van der Waals surface area contributed by atoms with Gasteiger partial charge in [-0.15, -0.1) is 0 Å². The van der Waals surface area contributed by atoms with Crippen molar-refractivity contribution in [1.29, 1.82) is 0 Å². The molecule has 144 valence electrons. The number of aromatic nitrogens is 2. The molecule has 0 aliphatic heterocycles. The van der Waals surface area contributed by atoms with Gasteiger partial charge < -0.3 is 17.0 Å². The molecule has 0 atom stereocenters. The fourth-order valence-corrected chi connectivity index (χ4v) is 4.05. The Morgan fingerprint density at radius 1 is 0.690 bits per heavy atom. The Labute approximate surface area is 181 Å². The van der Waals surface area contributed by atoms with Crippen LogP contribution in [0.25, 0.3) is 21.8 Å². The van der Waals surface area contributed by atoms with Crippen molar-refractivity contribution in [3.05, 3.63) is 113 Å². The van der Waals surface area contributed by atoms with Gasteiger partial charge in [-0.2, -0.15) is 0 Å². The Morgan fingerprint density at radius 2 is 1.31 bits per heavy atom. The molecule has 2 nitrogen and oxygen atoms in total. The molecule has 0 spiro atoms. The monoisotopic (exact) mass is 418 g/mol. The zero-order valence-electron chi connectivity index (χ0n) is 15.8. The summed E-state index contributed by atoms with van der Waals surface area (Å²) in [5.74, 6) is 0. The Kier molecular flexibility index (Phi) is 5.57. The highest BCUT2D eigenvalue weighted by molar-refractivity contribution is 6.30. The van der Waals surface area contributed by atoms with Gasteiger partial charge in [-0.25, -0.2) is 4.57 Å². The van der Waals surface area contributed by atoms with Crippen molar-refractivity contribution in [1.82, 2.24) is 4.57 Å². The molecule has 0 N–H and O–H groups in total. The van der Waals surface area contributed by atoms with E-state index in [1.54, 1.807) is 0 Å². The second-order valence-corrected chi connectivity index (χ2v) is 7.57. The van der Waals surface area contributed by atoms with Crippen LogP contribution in [0, 0.1) is 0 Å². The maximum absolute atomic E-state index is 6.01. The highest BCUT2D eigenvalue weighted by Crippen LogP contribution is 2.29. The predicted molar refractivity (Wildman–Crippen MR) is 116 cm³/mol. The third-order valence-electron chi connectivity index (χ3n) is 5.22. The van der Waals surface area contributed by atoms with E-state index < -0.39 is 0 Å². The van der Waals surface area contributed by atoms with Crippen LogP contribution in [-0.2, 0) is 13.1 Å². The molecule has 0 fully saturated rings. The lowest BCUT2D eigenvalue weighted by molar-refractivity contribution is -0.688. The minimum Gasteiger partial charge on any atom is -1.00 e. The molecule has 4 heteroatoms. The number of pyridine rings is 1. The number of para-hydroxylation sites is 2. The Balaban J connectivity index is 0.00000205. The SMILES string of the molecule is Clc1ccc(C[n+]2cccc(Cn3c4ccccc4c4ccccc43)c2)cc1.[Cl-]. The van der Waals surface area contributed by atoms with E-state index in [1.165, 1.54) is 32.9 Å². The standard InChI is InChI=1S/C25H20ClN2.ClH/c26-21-13-11-19(12-14-21)16-27-15-5-6-20(17-27)18-28-24-9-3-1-7-22(24)23-8-2-4-10-25(23)28;/h1-15,17H,16,18H2;1H/q+1;/p-1. The molecule has 2 heterocycles. The van der Waals surface area contributed by atoms with E-state index in [-0.39, 0.29) is 12.4 Å². The van der Waals surface area contributed by atoms with Crippen molar-refractivity contribution in [2.24, 2.45) is 0 Å². The largest absolute Gasteiger partial charge is 1.00 e. The highest BCUT2D eigenvalue weighted by atomic mass is 35.5. The summed E-state index contributed by atoms with van der Waals surface area (Å²) in [5.41, 5.74) is 5.07. The molecular formula is C25H20Cl2N2.